The molecule has 5 nitrogen and oxygen atoms in total. The van der Waals surface area contributed by atoms with Crippen LogP contribution in [0.3, 0.4) is 0 Å². The molecule has 0 bridgehead atoms. The maximum atomic E-state index is 6.08. The van der Waals surface area contributed by atoms with Crippen molar-refractivity contribution in [2.24, 2.45) is 0 Å². The summed E-state index contributed by atoms with van der Waals surface area (Å²) in [7, 11) is 1.71. The Morgan fingerprint density at radius 1 is 1.62 bits per heavy atom. The Kier molecular flexibility index (Phi) is 6.22. The molecule has 21 heavy (non-hydrogen) atoms. The Hall–Kier alpha value is -0.430. The van der Waals surface area contributed by atoms with E-state index in [-0.39, 0.29) is 11.6 Å². The zero-order chi connectivity index (χ0) is 15.3. The van der Waals surface area contributed by atoms with E-state index >= 15 is 0 Å². The number of nitrogens with one attached hydrogen (secondary N) is 1. The average molecular weight is 360 g/mol. The molecule has 0 amide bonds. The summed E-state index contributed by atoms with van der Waals surface area (Å²) in [6, 6.07) is 0.133. The average Bonchev–Trinajstić information content (AvgIpc) is 3.06. The molecule has 1 aliphatic heterocycles. The fourth-order valence-corrected chi connectivity index (χ4v) is 3.46. The van der Waals surface area contributed by atoms with Crippen molar-refractivity contribution in [3.63, 3.8) is 0 Å². The molecule has 0 saturated carbocycles. The van der Waals surface area contributed by atoms with Crippen LogP contribution in [0.5, 0.6) is 0 Å². The van der Waals surface area contributed by atoms with E-state index in [9.17, 15) is 0 Å². The Bertz CT molecular complexity index is 444. The third-order valence-electron chi connectivity index (χ3n) is 4.07. The first-order valence-electron chi connectivity index (χ1n) is 7.70. The molecule has 0 aliphatic carbocycles. The molecule has 1 saturated heterocycles. The highest BCUT2D eigenvalue weighted by atomic mass is 79.9. The molecule has 1 aliphatic rings. The molecular formula is C15H26BrN3O2. The van der Waals surface area contributed by atoms with E-state index < -0.39 is 0 Å². The number of halogens is 1. The van der Waals surface area contributed by atoms with Gasteiger partial charge in [0, 0.05) is 13.7 Å². The smallest absolute Gasteiger partial charge is 0.0864 e. The van der Waals surface area contributed by atoms with Crippen LogP contribution in [0.4, 0.5) is 0 Å². The van der Waals surface area contributed by atoms with Crippen LogP contribution in [-0.2, 0) is 16.0 Å². The second-order valence-electron chi connectivity index (χ2n) is 5.75. The first-order chi connectivity index (χ1) is 10.1. The normalized spacial score (nSPS) is 23.6. The lowest BCUT2D eigenvalue weighted by Gasteiger charge is -2.35. The minimum Gasteiger partial charge on any atom is -0.383 e. The summed E-state index contributed by atoms with van der Waals surface area (Å²) in [6.45, 7) is 7.58. The first-order valence-corrected chi connectivity index (χ1v) is 8.49. The molecule has 0 aromatic carbocycles. The predicted molar refractivity (Wildman–Crippen MR) is 86.4 cm³/mol. The third kappa shape index (κ3) is 3.86. The van der Waals surface area contributed by atoms with E-state index in [0.29, 0.717) is 6.61 Å². The van der Waals surface area contributed by atoms with Gasteiger partial charge in [-0.05, 0) is 48.7 Å². The molecule has 2 rings (SSSR count). The predicted octanol–water partition coefficient (Wildman–Crippen LogP) is 2.90. The molecule has 1 N–H and O–H groups in total. The molecule has 120 valence electrons. The summed E-state index contributed by atoms with van der Waals surface area (Å²) >= 11 is 3.65. The second-order valence-corrected chi connectivity index (χ2v) is 6.60. The van der Waals surface area contributed by atoms with E-state index in [4.69, 9.17) is 9.47 Å². The molecule has 0 spiro atoms. The van der Waals surface area contributed by atoms with Crippen molar-refractivity contribution in [2.45, 2.75) is 51.3 Å². The molecule has 6 heteroatoms. The highest BCUT2D eigenvalue weighted by Crippen LogP contribution is 2.39. The third-order valence-corrected chi connectivity index (χ3v) is 4.68. The van der Waals surface area contributed by atoms with Crippen molar-refractivity contribution in [1.82, 2.24) is 15.1 Å². The molecule has 1 fully saturated rings. The van der Waals surface area contributed by atoms with Crippen LogP contribution >= 0.6 is 15.9 Å². The van der Waals surface area contributed by atoms with Crippen LogP contribution in [0.25, 0.3) is 0 Å². The number of hydrogen-bond donors (Lipinski definition) is 1. The lowest BCUT2D eigenvalue weighted by molar-refractivity contribution is -0.0152. The summed E-state index contributed by atoms with van der Waals surface area (Å²) in [5.74, 6) is 0. The molecule has 2 unspecified atom stereocenters. The minimum absolute atomic E-state index is 0.133. The van der Waals surface area contributed by atoms with E-state index in [1.54, 1.807) is 7.11 Å². The molecule has 1 aromatic rings. The lowest BCUT2D eigenvalue weighted by Crippen LogP contribution is -2.43. The van der Waals surface area contributed by atoms with Gasteiger partial charge in [-0.1, -0.05) is 6.92 Å². The highest BCUT2D eigenvalue weighted by Gasteiger charge is 2.41. The van der Waals surface area contributed by atoms with E-state index in [1.807, 2.05) is 10.9 Å². The number of hydrogen-bond acceptors (Lipinski definition) is 4. The van der Waals surface area contributed by atoms with Crippen LogP contribution < -0.4 is 5.32 Å². The molecular weight excluding hydrogens is 334 g/mol. The number of aromatic nitrogens is 2. The second kappa shape index (κ2) is 7.72. The highest BCUT2D eigenvalue weighted by molar-refractivity contribution is 9.10. The van der Waals surface area contributed by atoms with Gasteiger partial charge >= 0.3 is 0 Å². The van der Waals surface area contributed by atoms with Crippen molar-refractivity contribution < 1.29 is 9.47 Å². The monoisotopic (exact) mass is 359 g/mol. The number of methoxy groups -OCH3 is 1. The van der Waals surface area contributed by atoms with Crippen LogP contribution in [0.15, 0.2) is 10.7 Å². The van der Waals surface area contributed by atoms with Crippen molar-refractivity contribution in [2.75, 3.05) is 26.9 Å². The van der Waals surface area contributed by atoms with Gasteiger partial charge in [0.1, 0.15) is 0 Å². The zero-order valence-corrected chi connectivity index (χ0v) is 14.8. The maximum Gasteiger partial charge on any atom is 0.0864 e. The maximum absolute atomic E-state index is 6.08. The van der Waals surface area contributed by atoms with Gasteiger partial charge in [-0.3, -0.25) is 4.68 Å². The number of nitrogens with zero attached hydrogens (tertiary/aromatic N) is 2. The van der Waals surface area contributed by atoms with Crippen molar-refractivity contribution in [1.29, 1.82) is 0 Å². The molecule has 0 radical (unpaired) electrons. The van der Waals surface area contributed by atoms with Gasteiger partial charge in [-0.25, -0.2) is 0 Å². The van der Waals surface area contributed by atoms with Crippen molar-refractivity contribution in [3.05, 3.63) is 16.4 Å². The summed E-state index contributed by atoms with van der Waals surface area (Å²) in [4.78, 5) is 0. The van der Waals surface area contributed by atoms with Gasteiger partial charge in [0.15, 0.2) is 0 Å². The SMILES string of the molecule is CCCNC(c1c(Br)cnn1CCOC)C1(C)CCCO1. The van der Waals surface area contributed by atoms with E-state index in [1.165, 1.54) is 0 Å². The zero-order valence-electron chi connectivity index (χ0n) is 13.2. The summed E-state index contributed by atoms with van der Waals surface area (Å²) in [6.07, 6.45) is 5.14. The standard InChI is InChI=1S/C15H26BrN3O2/c1-4-7-17-14(15(2)6-5-9-21-15)13-12(16)11-18-19(13)8-10-20-3/h11,14,17H,4-10H2,1-3H3. The Morgan fingerprint density at radius 2 is 2.43 bits per heavy atom. The summed E-state index contributed by atoms with van der Waals surface area (Å²) < 4.78 is 14.3. The lowest BCUT2D eigenvalue weighted by atomic mass is 9.90. The Morgan fingerprint density at radius 3 is 3.05 bits per heavy atom. The van der Waals surface area contributed by atoms with Gasteiger partial charge in [0.25, 0.3) is 0 Å². The van der Waals surface area contributed by atoms with Crippen molar-refractivity contribution >= 4 is 15.9 Å². The number of rotatable bonds is 8. The summed E-state index contributed by atoms with van der Waals surface area (Å²) in [5, 5.41) is 8.13. The Labute approximate surface area is 135 Å². The van der Waals surface area contributed by atoms with Crippen LogP contribution in [0.1, 0.15) is 44.8 Å². The fourth-order valence-electron chi connectivity index (χ4n) is 2.93. The van der Waals surface area contributed by atoms with Gasteiger partial charge in [0.05, 0.1) is 41.2 Å². The van der Waals surface area contributed by atoms with E-state index in [2.05, 4.69) is 40.2 Å². The minimum atomic E-state index is -0.178. The van der Waals surface area contributed by atoms with Gasteiger partial charge in [-0.15, -0.1) is 0 Å². The van der Waals surface area contributed by atoms with Crippen molar-refractivity contribution in [3.8, 4) is 0 Å². The molecule has 2 heterocycles. The van der Waals surface area contributed by atoms with E-state index in [0.717, 1.165) is 49.1 Å². The summed E-state index contributed by atoms with van der Waals surface area (Å²) in [5.41, 5.74) is 0.979. The molecule has 1 aromatic heterocycles. The van der Waals surface area contributed by atoms with Crippen LogP contribution in [0, 0.1) is 0 Å². The largest absolute Gasteiger partial charge is 0.383 e. The van der Waals surface area contributed by atoms with Gasteiger partial charge in [0.2, 0.25) is 0 Å². The van der Waals surface area contributed by atoms with Crippen LogP contribution in [0.2, 0.25) is 0 Å². The van der Waals surface area contributed by atoms with Gasteiger partial charge < -0.3 is 14.8 Å². The fraction of sp³-hybridized carbons (Fsp3) is 0.800. The topological polar surface area (TPSA) is 48.3 Å². The first kappa shape index (κ1) is 16.9. The quantitative estimate of drug-likeness (QED) is 0.775. The number of ether oxygens (including phenoxy) is 2. The van der Waals surface area contributed by atoms with Gasteiger partial charge in [-0.2, -0.15) is 5.10 Å². The van der Waals surface area contributed by atoms with Crippen LogP contribution in [-0.4, -0.2) is 42.2 Å². The molecule has 2 atom stereocenters. The Balaban J connectivity index is 2.29.